The van der Waals surface area contributed by atoms with Crippen molar-refractivity contribution in [2.45, 2.75) is 18.3 Å². The van der Waals surface area contributed by atoms with Gasteiger partial charge in [-0.15, -0.1) is 10.2 Å². The minimum absolute atomic E-state index is 0.102. The Morgan fingerprint density at radius 2 is 1.83 bits per heavy atom. The molecule has 1 amide bonds. The van der Waals surface area contributed by atoms with E-state index in [1.54, 1.807) is 0 Å². The highest BCUT2D eigenvalue weighted by atomic mass is 32.2. The summed E-state index contributed by atoms with van der Waals surface area (Å²) in [6.07, 6.45) is -4.54. The number of nitrogens with zero attached hydrogens (tertiary/aromatic N) is 3. The van der Waals surface area contributed by atoms with Gasteiger partial charge in [0.15, 0.2) is 10.8 Å². The number of nitrogens with one attached hydrogen (secondary N) is 1. The second-order valence-corrected chi connectivity index (χ2v) is 7.34. The standard InChI is InChI=1S/C20H15F3N4OS/c1-12-10-17-25-26-19(27(17)16-9-5-2-6-13(12)16)29-11-18(28)24-15-8-4-3-7-14(15)20(21,22)23/h2-10H,11H2,1H3,(H,24,28). The molecule has 2 aromatic carbocycles. The van der Waals surface area contributed by atoms with Crippen LogP contribution in [0, 0.1) is 6.92 Å². The third-order valence-corrected chi connectivity index (χ3v) is 5.34. The molecular formula is C20H15F3N4OS. The minimum atomic E-state index is -4.54. The summed E-state index contributed by atoms with van der Waals surface area (Å²) < 4.78 is 41.1. The van der Waals surface area contributed by atoms with Crippen LogP contribution in [0.5, 0.6) is 0 Å². The maximum absolute atomic E-state index is 13.1. The Morgan fingerprint density at radius 3 is 2.62 bits per heavy atom. The molecule has 2 heterocycles. The normalized spacial score (nSPS) is 11.9. The van der Waals surface area contributed by atoms with Crippen molar-refractivity contribution in [1.29, 1.82) is 0 Å². The number of hydrogen-bond acceptors (Lipinski definition) is 4. The van der Waals surface area contributed by atoms with Crippen molar-refractivity contribution >= 4 is 39.9 Å². The molecule has 1 N–H and O–H groups in total. The number of thioether (sulfide) groups is 1. The van der Waals surface area contributed by atoms with Crippen molar-refractivity contribution in [2.24, 2.45) is 0 Å². The van der Waals surface area contributed by atoms with E-state index in [0.717, 1.165) is 34.3 Å². The van der Waals surface area contributed by atoms with Gasteiger partial charge in [0.2, 0.25) is 5.91 Å². The molecule has 2 aromatic heterocycles. The van der Waals surface area contributed by atoms with Gasteiger partial charge < -0.3 is 5.32 Å². The Bertz CT molecular complexity index is 1220. The number of pyridine rings is 1. The Labute approximate surface area is 167 Å². The highest BCUT2D eigenvalue weighted by Crippen LogP contribution is 2.34. The van der Waals surface area contributed by atoms with Crippen LogP contribution >= 0.6 is 11.8 Å². The summed E-state index contributed by atoms with van der Waals surface area (Å²) in [7, 11) is 0. The fourth-order valence-corrected chi connectivity index (χ4v) is 3.88. The number of rotatable bonds is 4. The molecule has 29 heavy (non-hydrogen) atoms. The van der Waals surface area contributed by atoms with E-state index in [-0.39, 0.29) is 11.4 Å². The van der Waals surface area contributed by atoms with E-state index < -0.39 is 17.6 Å². The highest BCUT2D eigenvalue weighted by Gasteiger charge is 2.33. The lowest BCUT2D eigenvalue weighted by molar-refractivity contribution is -0.137. The monoisotopic (exact) mass is 416 g/mol. The van der Waals surface area contributed by atoms with E-state index in [9.17, 15) is 18.0 Å². The minimum Gasteiger partial charge on any atom is -0.325 e. The molecule has 0 spiro atoms. The molecule has 0 saturated heterocycles. The Hall–Kier alpha value is -3.07. The van der Waals surface area contributed by atoms with Crippen LogP contribution in [0.15, 0.2) is 59.8 Å². The van der Waals surface area contributed by atoms with Gasteiger partial charge in [-0.25, -0.2) is 0 Å². The van der Waals surface area contributed by atoms with Gasteiger partial charge in [-0.3, -0.25) is 9.20 Å². The number of para-hydroxylation sites is 2. The zero-order valence-corrected chi connectivity index (χ0v) is 16.0. The first kappa shape index (κ1) is 19.3. The number of halogens is 3. The quantitative estimate of drug-likeness (QED) is 0.479. The van der Waals surface area contributed by atoms with Crippen LogP contribution in [0.25, 0.3) is 16.6 Å². The maximum atomic E-state index is 13.1. The molecule has 9 heteroatoms. The highest BCUT2D eigenvalue weighted by molar-refractivity contribution is 7.99. The molecule has 0 fully saturated rings. The second kappa shape index (κ2) is 7.40. The number of hydrogen-bond donors (Lipinski definition) is 1. The van der Waals surface area contributed by atoms with Crippen molar-refractivity contribution in [3.05, 3.63) is 65.7 Å². The largest absolute Gasteiger partial charge is 0.418 e. The second-order valence-electron chi connectivity index (χ2n) is 6.40. The first-order valence-electron chi connectivity index (χ1n) is 8.67. The molecule has 0 aliphatic rings. The van der Waals surface area contributed by atoms with Crippen molar-refractivity contribution in [3.63, 3.8) is 0 Å². The van der Waals surface area contributed by atoms with E-state index in [1.165, 1.54) is 18.2 Å². The first-order valence-corrected chi connectivity index (χ1v) is 9.65. The average molecular weight is 416 g/mol. The molecular weight excluding hydrogens is 401 g/mol. The number of aromatic nitrogens is 3. The third kappa shape index (κ3) is 3.77. The molecule has 4 aromatic rings. The number of carbonyl (C=O) groups is 1. The number of fused-ring (bicyclic) bond motifs is 3. The van der Waals surface area contributed by atoms with Crippen molar-refractivity contribution in [3.8, 4) is 0 Å². The van der Waals surface area contributed by atoms with Crippen LogP contribution in [0.2, 0.25) is 0 Å². The van der Waals surface area contributed by atoms with E-state index in [1.807, 2.05) is 41.7 Å². The predicted molar refractivity (Wildman–Crippen MR) is 106 cm³/mol. The van der Waals surface area contributed by atoms with E-state index in [4.69, 9.17) is 0 Å². The average Bonchev–Trinajstić information content (AvgIpc) is 3.09. The van der Waals surface area contributed by atoms with Gasteiger partial charge in [0.1, 0.15) is 0 Å². The summed E-state index contributed by atoms with van der Waals surface area (Å²) in [4.78, 5) is 12.3. The summed E-state index contributed by atoms with van der Waals surface area (Å²) in [6.45, 7) is 1.98. The van der Waals surface area contributed by atoms with Crippen molar-refractivity contribution in [1.82, 2.24) is 14.6 Å². The van der Waals surface area contributed by atoms with Crippen LogP contribution in [0.3, 0.4) is 0 Å². The topological polar surface area (TPSA) is 59.3 Å². The SMILES string of the molecule is Cc1cc2nnc(SCC(=O)Nc3ccccc3C(F)(F)F)n2c2ccccc12. The zero-order chi connectivity index (χ0) is 20.6. The number of alkyl halides is 3. The summed E-state index contributed by atoms with van der Waals surface area (Å²) in [5.41, 5.74) is 1.45. The van der Waals surface area contributed by atoms with Gasteiger partial charge in [0.25, 0.3) is 0 Å². The van der Waals surface area contributed by atoms with Crippen LogP contribution in [-0.4, -0.2) is 26.3 Å². The lowest BCUT2D eigenvalue weighted by atomic mass is 10.1. The van der Waals surface area contributed by atoms with E-state index in [2.05, 4.69) is 15.5 Å². The van der Waals surface area contributed by atoms with Gasteiger partial charge in [-0.05, 0) is 36.8 Å². The molecule has 0 bridgehead atoms. The Balaban J connectivity index is 1.57. The number of aryl methyl sites for hydroxylation is 1. The van der Waals surface area contributed by atoms with Crippen LogP contribution in [-0.2, 0) is 11.0 Å². The zero-order valence-electron chi connectivity index (χ0n) is 15.2. The fraction of sp³-hybridized carbons (Fsp3) is 0.150. The summed E-state index contributed by atoms with van der Waals surface area (Å²) >= 11 is 1.11. The molecule has 0 atom stereocenters. The van der Waals surface area contributed by atoms with Crippen LogP contribution < -0.4 is 5.32 Å². The molecule has 4 rings (SSSR count). The van der Waals surface area contributed by atoms with Gasteiger partial charge >= 0.3 is 6.18 Å². The van der Waals surface area contributed by atoms with Crippen LogP contribution in [0.1, 0.15) is 11.1 Å². The molecule has 0 saturated carbocycles. The summed E-state index contributed by atoms with van der Waals surface area (Å²) in [5.74, 6) is -0.658. The lowest BCUT2D eigenvalue weighted by Crippen LogP contribution is -2.18. The van der Waals surface area contributed by atoms with Gasteiger partial charge in [0.05, 0.1) is 22.5 Å². The molecule has 0 aliphatic carbocycles. The van der Waals surface area contributed by atoms with E-state index in [0.29, 0.717) is 10.8 Å². The van der Waals surface area contributed by atoms with Gasteiger partial charge in [-0.1, -0.05) is 42.1 Å². The first-order chi connectivity index (χ1) is 13.8. The smallest absolute Gasteiger partial charge is 0.325 e. The molecule has 5 nitrogen and oxygen atoms in total. The maximum Gasteiger partial charge on any atom is 0.418 e. The van der Waals surface area contributed by atoms with Crippen LogP contribution in [0.4, 0.5) is 18.9 Å². The molecule has 0 radical (unpaired) electrons. The van der Waals surface area contributed by atoms with Gasteiger partial charge in [-0.2, -0.15) is 13.2 Å². The fourth-order valence-electron chi connectivity index (χ4n) is 3.12. The Morgan fingerprint density at radius 1 is 1.10 bits per heavy atom. The number of benzene rings is 2. The Kier molecular flexibility index (Phi) is 4.91. The lowest BCUT2D eigenvalue weighted by Gasteiger charge is -2.13. The molecule has 148 valence electrons. The van der Waals surface area contributed by atoms with Crippen molar-refractivity contribution < 1.29 is 18.0 Å². The van der Waals surface area contributed by atoms with Crippen molar-refractivity contribution in [2.75, 3.05) is 11.1 Å². The summed E-state index contributed by atoms with van der Waals surface area (Å²) in [6, 6.07) is 14.5. The third-order valence-electron chi connectivity index (χ3n) is 4.41. The van der Waals surface area contributed by atoms with E-state index >= 15 is 0 Å². The molecule has 0 aliphatic heterocycles. The molecule has 0 unspecified atom stereocenters. The number of amides is 1. The summed E-state index contributed by atoms with van der Waals surface area (Å²) in [5, 5.41) is 12.2. The number of anilines is 1. The predicted octanol–water partition coefficient (Wildman–Crippen LogP) is 4.94. The van der Waals surface area contributed by atoms with Gasteiger partial charge in [0, 0.05) is 5.39 Å². The number of carbonyl (C=O) groups excluding carboxylic acids is 1.